The highest BCUT2D eigenvalue weighted by Crippen LogP contribution is 1.98. The second kappa shape index (κ2) is 8.30. The van der Waals surface area contributed by atoms with E-state index in [1.54, 1.807) is 12.1 Å². The van der Waals surface area contributed by atoms with Crippen LogP contribution in [-0.2, 0) is 4.79 Å². The van der Waals surface area contributed by atoms with Crippen LogP contribution in [0.4, 0.5) is 0 Å². The number of carbonyl (C=O) groups is 2. The van der Waals surface area contributed by atoms with E-state index in [-0.39, 0.29) is 24.0 Å². The first-order valence-electron chi connectivity index (χ1n) is 6.03. The van der Waals surface area contributed by atoms with Gasteiger partial charge in [-0.3, -0.25) is 9.59 Å². The predicted octanol–water partition coefficient (Wildman–Crippen LogP) is 0.125. The van der Waals surface area contributed by atoms with Gasteiger partial charge in [0.2, 0.25) is 5.91 Å². The van der Waals surface area contributed by atoms with E-state index in [4.69, 9.17) is 4.42 Å². The largest absolute Gasteiger partial charge is 0.459 e. The van der Waals surface area contributed by atoms with Gasteiger partial charge in [0.1, 0.15) is 0 Å². The summed E-state index contributed by atoms with van der Waals surface area (Å²) in [6.45, 7) is 4.54. The monoisotopic (exact) mass is 253 g/mol. The molecule has 0 atom stereocenters. The molecule has 0 spiro atoms. The lowest BCUT2D eigenvalue weighted by Crippen LogP contribution is -2.34. The zero-order chi connectivity index (χ0) is 13.2. The molecule has 0 unspecified atom stereocenters. The van der Waals surface area contributed by atoms with Crippen LogP contribution in [0.5, 0.6) is 0 Å². The Morgan fingerprint density at radius 2 is 2.06 bits per heavy atom. The number of hydrogen-bond acceptors (Lipinski definition) is 4. The minimum absolute atomic E-state index is 0.0763. The topological polar surface area (TPSA) is 83.4 Å². The Balaban J connectivity index is 2.07. The van der Waals surface area contributed by atoms with Crippen LogP contribution in [-0.4, -0.2) is 38.0 Å². The van der Waals surface area contributed by atoms with Gasteiger partial charge in [-0.1, -0.05) is 6.92 Å². The van der Waals surface area contributed by atoms with Crippen LogP contribution in [0.3, 0.4) is 0 Å². The number of amides is 2. The maximum atomic E-state index is 11.4. The highest BCUT2D eigenvalue weighted by Gasteiger charge is 2.08. The fraction of sp³-hybridized carbons (Fsp3) is 0.500. The van der Waals surface area contributed by atoms with E-state index in [2.05, 4.69) is 16.0 Å². The van der Waals surface area contributed by atoms with Gasteiger partial charge in [0.05, 0.1) is 6.26 Å². The van der Waals surface area contributed by atoms with E-state index in [9.17, 15) is 9.59 Å². The second-order valence-electron chi connectivity index (χ2n) is 3.69. The summed E-state index contributed by atoms with van der Waals surface area (Å²) in [6.07, 6.45) is 1.70. The second-order valence-corrected chi connectivity index (χ2v) is 3.69. The summed E-state index contributed by atoms with van der Waals surface area (Å²) in [5.41, 5.74) is 0. The van der Waals surface area contributed by atoms with Gasteiger partial charge >= 0.3 is 0 Å². The number of likely N-dealkylation sites (N-methyl/N-ethyl adjacent to an activating group) is 1. The van der Waals surface area contributed by atoms with E-state index in [1.165, 1.54) is 6.26 Å². The summed E-state index contributed by atoms with van der Waals surface area (Å²) in [4.78, 5) is 22.8. The van der Waals surface area contributed by atoms with Gasteiger partial charge in [0, 0.05) is 26.1 Å². The van der Waals surface area contributed by atoms with Crippen LogP contribution in [0.1, 0.15) is 23.9 Å². The summed E-state index contributed by atoms with van der Waals surface area (Å²) in [6, 6.07) is 3.22. The first-order chi connectivity index (χ1) is 8.74. The number of furan rings is 1. The van der Waals surface area contributed by atoms with Gasteiger partial charge in [0.15, 0.2) is 5.76 Å². The van der Waals surface area contributed by atoms with E-state index in [0.717, 1.165) is 13.1 Å². The predicted molar refractivity (Wildman–Crippen MR) is 67.2 cm³/mol. The molecule has 100 valence electrons. The minimum Gasteiger partial charge on any atom is -0.459 e. The summed E-state index contributed by atoms with van der Waals surface area (Å²) in [5.74, 6) is -0.129. The molecule has 0 fully saturated rings. The van der Waals surface area contributed by atoms with Crippen molar-refractivity contribution in [1.82, 2.24) is 16.0 Å². The molecule has 0 saturated carbocycles. The lowest BCUT2D eigenvalue weighted by Gasteiger charge is -2.06. The van der Waals surface area contributed by atoms with Crippen molar-refractivity contribution >= 4 is 11.8 Å². The smallest absolute Gasteiger partial charge is 0.286 e. The lowest BCUT2D eigenvalue weighted by atomic mass is 10.3. The average Bonchev–Trinajstić information content (AvgIpc) is 2.88. The molecule has 0 bridgehead atoms. The molecule has 0 aliphatic carbocycles. The number of carbonyl (C=O) groups excluding carboxylic acids is 2. The van der Waals surface area contributed by atoms with Crippen LogP contribution < -0.4 is 16.0 Å². The molecular weight excluding hydrogens is 234 g/mol. The lowest BCUT2D eigenvalue weighted by molar-refractivity contribution is -0.120. The molecule has 1 heterocycles. The molecule has 1 rings (SSSR count). The molecule has 18 heavy (non-hydrogen) atoms. The molecule has 1 aromatic heterocycles. The van der Waals surface area contributed by atoms with E-state index >= 15 is 0 Å². The molecule has 0 aromatic carbocycles. The van der Waals surface area contributed by atoms with Gasteiger partial charge in [-0.05, 0) is 18.7 Å². The molecule has 0 radical (unpaired) electrons. The first-order valence-corrected chi connectivity index (χ1v) is 6.03. The van der Waals surface area contributed by atoms with Crippen molar-refractivity contribution < 1.29 is 14.0 Å². The summed E-state index contributed by atoms with van der Waals surface area (Å²) in [7, 11) is 0. The summed E-state index contributed by atoms with van der Waals surface area (Å²) in [5, 5.41) is 8.46. The van der Waals surface area contributed by atoms with Crippen LogP contribution in [0.15, 0.2) is 22.8 Å². The molecule has 6 nitrogen and oxygen atoms in total. The molecule has 1 aromatic rings. The van der Waals surface area contributed by atoms with Crippen molar-refractivity contribution in [3.8, 4) is 0 Å². The third-order valence-corrected chi connectivity index (χ3v) is 2.26. The van der Waals surface area contributed by atoms with Crippen LogP contribution >= 0.6 is 0 Å². The van der Waals surface area contributed by atoms with E-state index in [0.29, 0.717) is 13.1 Å². The Bertz CT molecular complexity index is 363. The Morgan fingerprint density at radius 3 is 2.72 bits per heavy atom. The zero-order valence-corrected chi connectivity index (χ0v) is 10.5. The van der Waals surface area contributed by atoms with Crippen molar-refractivity contribution in [3.63, 3.8) is 0 Å². The minimum atomic E-state index is -0.305. The normalized spacial score (nSPS) is 10.1. The SMILES string of the molecule is CCNCCNC(=O)CCNC(=O)c1ccco1. The fourth-order valence-corrected chi connectivity index (χ4v) is 1.34. The van der Waals surface area contributed by atoms with Crippen molar-refractivity contribution in [2.45, 2.75) is 13.3 Å². The third kappa shape index (κ3) is 5.49. The maximum Gasteiger partial charge on any atom is 0.286 e. The quantitative estimate of drug-likeness (QED) is 0.575. The van der Waals surface area contributed by atoms with Gasteiger partial charge < -0.3 is 20.4 Å². The standard InChI is InChI=1S/C12H19N3O3/c1-2-13-7-8-14-11(16)5-6-15-12(17)10-4-3-9-18-10/h3-4,9,13H,2,5-8H2,1H3,(H,14,16)(H,15,17). The summed E-state index contributed by atoms with van der Waals surface area (Å²) < 4.78 is 4.92. The molecular formula is C12H19N3O3. The van der Waals surface area contributed by atoms with Crippen LogP contribution in [0, 0.1) is 0 Å². The molecule has 0 aliphatic rings. The van der Waals surface area contributed by atoms with E-state index in [1.807, 2.05) is 6.92 Å². The van der Waals surface area contributed by atoms with Crippen LogP contribution in [0.2, 0.25) is 0 Å². The molecule has 0 aliphatic heterocycles. The van der Waals surface area contributed by atoms with Gasteiger partial charge in [0.25, 0.3) is 5.91 Å². The molecule has 2 amide bonds. The van der Waals surface area contributed by atoms with Crippen molar-refractivity contribution in [1.29, 1.82) is 0 Å². The van der Waals surface area contributed by atoms with Crippen molar-refractivity contribution in [2.24, 2.45) is 0 Å². The Kier molecular flexibility index (Phi) is 6.56. The average molecular weight is 253 g/mol. The molecule has 6 heteroatoms. The van der Waals surface area contributed by atoms with E-state index < -0.39 is 0 Å². The molecule has 3 N–H and O–H groups in total. The molecule has 0 saturated heterocycles. The first kappa shape index (κ1) is 14.2. The Hall–Kier alpha value is -1.82. The van der Waals surface area contributed by atoms with Gasteiger partial charge in [-0.25, -0.2) is 0 Å². The zero-order valence-electron chi connectivity index (χ0n) is 10.5. The number of rotatable bonds is 8. The van der Waals surface area contributed by atoms with Gasteiger partial charge in [-0.15, -0.1) is 0 Å². The highest BCUT2D eigenvalue weighted by molar-refractivity contribution is 5.91. The number of nitrogens with one attached hydrogen (secondary N) is 3. The maximum absolute atomic E-state index is 11.4. The van der Waals surface area contributed by atoms with Crippen molar-refractivity contribution in [3.05, 3.63) is 24.2 Å². The highest BCUT2D eigenvalue weighted by atomic mass is 16.3. The fourth-order valence-electron chi connectivity index (χ4n) is 1.34. The van der Waals surface area contributed by atoms with Gasteiger partial charge in [-0.2, -0.15) is 0 Å². The number of hydrogen-bond donors (Lipinski definition) is 3. The van der Waals surface area contributed by atoms with Crippen molar-refractivity contribution in [2.75, 3.05) is 26.2 Å². The van der Waals surface area contributed by atoms with Crippen LogP contribution in [0.25, 0.3) is 0 Å². The summed E-state index contributed by atoms with van der Waals surface area (Å²) >= 11 is 0. The Labute approximate surface area is 106 Å². The Morgan fingerprint density at radius 1 is 1.22 bits per heavy atom. The third-order valence-electron chi connectivity index (χ3n) is 2.26.